The van der Waals surface area contributed by atoms with Gasteiger partial charge in [0.05, 0.1) is 12.6 Å². The minimum atomic E-state index is -1.28. The lowest BCUT2D eigenvalue weighted by molar-refractivity contribution is -0.135. The molecule has 12 N–H and O–H groups in total. The van der Waals surface area contributed by atoms with Gasteiger partial charge in [-0.15, -0.1) is 6.58 Å². The molecule has 5 aromatic rings. The number of nitrogens with one attached hydrogen (secondary N) is 8. The van der Waals surface area contributed by atoms with E-state index in [2.05, 4.69) is 60.3 Å². The van der Waals surface area contributed by atoms with Gasteiger partial charge >= 0.3 is 0 Å². The third-order valence-corrected chi connectivity index (χ3v) is 12.2. The minimum absolute atomic E-state index is 0.0147. The number of benzene rings is 3. The first kappa shape index (κ1) is 51.6. The minimum Gasteiger partial charge on any atom is -0.368 e. The third-order valence-electron chi connectivity index (χ3n) is 12.2. The van der Waals surface area contributed by atoms with E-state index >= 15 is 0 Å². The maximum Gasteiger partial charge on any atom is 0.244 e. The van der Waals surface area contributed by atoms with E-state index in [-0.39, 0.29) is 38.6 Å². The van der Waals surface area contributed by atoms with Gasteiger partial charge in [-0.2, -0.15) is 0 Å². The fraction of sp³-hybridized carbons (Fsp3) is 0.365. The fourth-order valence-electron chi connectivity index (χ4n) is 8.25. The quantitative estimate of drug-likeness (QED) is 0.0678. The van der Waals surface area contributed by atoms with Crippen molar-refractivity contribution >= 4 is 63.2 Å². The van der Waals surface area contributed by atoms with Crippen LogP contribution in [0.3, 0.4) is 0 Å². The molecule has 0 fully saturated rings. The maximum absolute atomic E-state index is 14.6. The van der Waals surface area contributed by atoms with E-state index < -0.39 is 83.6 Å². The molecule has 0 saturated carbocycles. The zero-order chi connectivity index (χ0) is 50.2. The second-order valence-corrected chi connectivity index (χ2v) is 17.6. The average Bonchev–Trinajstić information content (AvgIpc) is 3.95. The molecule has 18 heteroatoms. The van der Waals surface area contributed by atoms with Crippen molar-refractivity contribution in [2.45, 2.75) is 101 Å². The van der Waals surface area contributed by atoms with Crippen molar-refractivity contribution in [3.05, 3.63) is 121 Å². The molecule has 3 heterocycles. The van der Waals surface area contributed by atoms with Gasteiger partial charge in [0, 0.05) is 66.4 Å². The van der Waals surface area contributed by atoms with Gasteiger partial charge in [0.25, 0.3) is 0 Å². The highest BCUT2D eigenvalue weighted by molar-refractivity contribution is 5.98. The van der Waals surface area contributed by atoms with Gasteiger partial charge in [0.15, 0.2) is 0 Å². The van der Waals surface area contributed by atoms with Crippen molar-refractivity contribution in [3.63, 3.8) is 0 Å². The molecule has 18 nitrogen and oxygen atoms in total. The number of H-pyrrole nitrogens is 2. The zero-order valence-corrected chi connectivity index (χ0v) is 39.5. The number of fused-ring (bicyclic) bond motifs is 2. The Bertz CT molecular complexity index is 2720. The second-order valence-electron chi connectivity index (χ2n) is 17.6. The lowest BCUT2D eigenvalue weighted by Crippen LogP contribution is -2.60. The van der Waals surface area contributed by atoms with Crippen LogP contribution in [0.1, 0.15) is 56.2 Å². The van der Waals surface area contributed by atoms with Crippen LogP contribution in [0.15, 0.2) is 104 Å². The Morgan fingerprint density at radius 1 is 0.729 bits per heavy atom. The molecule has 0 saturated heterocycles. The Kier molecular flexibility index (Phi) is 18.5. The van der Waals surface area contributed by atoms with Crippen LogP contribution in [0.5, 0.6) is 0 Å². The molecule has 7 amide bonds. The molecular formula is C52H63N11O7. The molecule has 3 aromatic carbocycles. The number of carbonyl (C=O) groups excluding carboxylic acids is 7. The smallest absolute Gasteiger partial charge is 0.244 e. The van der Waals surface area contributed by atoms with E-state index in [4.69, 9.17) is 11.5 Å². The summed E-state index contributed by atoms with van der Waals surface area (Å²) < 4.78 is 0. The van der Waals surface area contributed by atoms with E-state index in [0.29, 0.717) is 37.1 Å². The lowest BCUT2D eigenvalue weighted by atomic mass is 10.0. The Hall–Kier alpha value is -7.75. The molecular weight excluding hydrogens is 891 g/mol. The summed E-state index contributed by atoms with van der Waals surface area (Å²) in [4.78, 5) is 106. The van der Waals surface area contributed by atoms with E-state index in [9.17, 15) is 33.6 Å². The van der Waals surface area contributed by atoms with E-state index in [1.807, 2.05) is 59.5 Å². The van der Waals surface area contributed by atoms with Crippen molar-refractivity contribution in [1.29, 1.82) is 0 Å². The van der Waals surface area contributed by atoms with Crippen LogP contribution in [0.25, 0.3) is 21.8 Å². The fourth-order valence-corrected chi connectivity index (χ4v) is 8.25. The Morgan fingerprint density at radius 2 is 1.27 bits per heavy atom. The van der Waals surface area contributed by atoms with E-state index in [1.165, 1.54) is 13.8 Å². The van der Waals surface area contributed by atoms with Gasteiger partial charge in [-0.3, -0.25) is 38.5 Å². The van der Waals surface area contributed by atoms with Crippen LogP contribution in [0.2, 0.25) is 0 Å². The summed E-state index contributed by atoms with van der Waals surface area (Å²) in [6, 6.07) is 15.7. The summed E-state index contributed by atoms with van der Waals surface area (Å²) in [5.74, 6) is 1.20. The van der Waals surface area contributed by atoms with Crippen molar-refractivity contribution in [2.75, 3.05) is 19.6 Å². The number of rotatable bonds is 11. The van der Waals surface area contributed by atoms with Gasteiger partial charge in [-0.05, 0) is 68.5 Å². The normalized spacial score (nSPS) is 22.4. The van der Waals surface area contributed by atoms with Crippen LogP contribution < -0.4 is 43.4 Å². The summed E-state index contributed by atoms with van der Waals surface area (Å²) in [6.07, 6.45) is 6.35. The number of hydrogen-bond donors (Lipinski definition) is 10. The zero-order valence-electron chi connectivity index (χ0n) is 39.5. The topological polar surface area (TPSA) is 279 Å². The summed E-state index contributed by atoms with van der Waals surface area (Å²) in [5.41, 5.74) is 15.4. The standard InChI is InChI=1S/C52H63N11O7/c1-4-24-63-25-14-12-22-41(46(54)64)58-51(69)43(27-34-16-6-5-7-17-34)61-52(70)45(29-36-31-56-40-21-11-9-19-38(36)40)60-48(66)33(3)57-50(68)44(28-35-30-55-39-20-10-8-18-37(35)39)62-49(67)42(23-13-15-26-63)59-47(65)32(2)53/h4-11,16-21,30-33,41-45,55-56H,1,12,14,22-29,53H2,2-3H3,(H2,54,64)(H,57,68)(H,58,69)(H,59,65)(H,60,66)(H,61,70)(H,62,67)/t32-,33-,41-,42-,43+,44+,45-/m0/s1. The molecule has 0 unspecified atom stereocenters. The number of nitrogens with two attached hydrogens (primary N) is 2. The van der Waals surface area contributed by atoms with Gasteiger partial charge in [0.1, 0.15) is 36.3 Å². The van der Waals surface area contributed by atoms with Crippen LogP contribution in [-0.2, 0) is 52.8 Å². The number of amides is 7. The van der Waals surface area contributed by atoms with Crippen LogP contribution in [-0.4, -0.2) is 118 Å². The molecule has 0 radical (unpaired) electrons. The van der Waals surface area contributed by atoms with Crippen molar-refractivity contribution in [2.24, 2.45) is 11.5 Å². The van der Waals surface area contributed by atoms with Crippen molar-refractivity contribution < 1.29 is 33.6 Å². The van der Waals surface area contributed by atoms with Gasteiger partial charge < -0.3 is 53.3 Å². The number of aromatic nitrogens is 2. The van der Waals surface area contributed by atoms with Gasteiger partial charge in [-0.1, -0.05) is 84.6 Å². The summed E-state index contributed by atoms with van der Waals surface area (Å²) in [5, 5.41) is 18.2. The third kappa shape index (κ3) is 14.4. The van der Waals surface area contributed by atoms with Crippen molar-refractivity contribution in [3.8, 4) is 11.8 Å². The van der Waals surface area contributed by atoms with Gasteiger partial charge in [0.2, 0.25) is 41.4 Å². The van der Waals surface area contributed by atoms with Crippen LogP contribution in [0, 0.1) is 11.8 Å². The number of hydrogen-bond acceptors (Lipinski definition) is 9. The van der Waals surface area contributed by atoms with Gasteiger partial charge in [-0.25, -0.2) is 0 Å². The number of carbonyl (C=O) groups is 7. The molecule has 6 rings (SSSR count). The summed E-state index contributed by atoms with van der Waals surface area (Å²) >= 11 is 0. The maximum atomic E-state index is 14.6. The number of nitrogens with zero attached hydrogens (tertiary/aromatic N) is 1. The largest absolute Gasteiger partial charge is 0.368 e. The predicted molar refractivity (Wildman–Crippen MR) is 267 cm³/mol. The lowest BCUT2D eigenvalue weighted by Gasteiger charge is -2.27. The molecule has 0 bridgehead atoms. The monoisotopic (exact) mass is 953 g/mol. The molecule has 368 valence electrons. The van der Waals surface area contributed by atoms with E-state index in [1.54, 1.807) is 42.7 Å². The summed E-state index contributed by atoms with van der Waals surface area (Å²) in [6.45, 7) is 8.05. The SMILES string of the molecule is C=CCN1CC#CC[C@H](NC(=O)[C@H](C)N)C(=O)N[C@H](Cc2c[nH]c3ccccc23)C(=O)N[C@@H](C)C(=O)N[C@@H](Cc2c[nH]c3ccccc23)C(=O)N[C@H](Cc2ccccc2)C(=O)N[C@H](C(N)=O)CCCC1. The molecule has 1 aliphatic rings. The molecule has 1 aliphatic heterocycles. The first-order chi connectivity index (χ1) is 33.7. The highest BCUT2D eigenvalue weighted by atomic mass is 16.2. The van der Waals surface area contributed by atoms with Crippen LogP contribution >= 0.6 is 0 Å². The number of para-hydroxylation sites is 2. The van der Waals surface area contributed by atoms with E-state index in [0.717, 1.165) is 27.4 Å². The number of aromatic amines is 2. The molecule has 70 heavy (non-hydrogen) atoms. The Balaban J connectivity index is 1.35. The summed E-state index contributed by atoms with van der Waals surface area (Å²) in [7, 11) is 0. The molecule has 0 aliphatic carbocycles. The Morgan fingerprint density at radius 3 is 1.87 bits per heavy atom. The highest BCUT2D eigenvalue weighted by Gasteiger charge is 2.33. The Labute approximate surface area is 406 Å². The van der Waals surface area contributed by atoms with Crippen LogP contribution in [0.4, 0.5) is 0 Å². The molecule has 2 aromatic heterocycles. The average molecular weight is 954 g/mol. The van der Waals surface area contributed by atoms with Crippen molar-refractivity contribution in [1.82, 2.24) is 46.8 Å². The molecule has 0 spiro atoms. The predicted octanol–water partition coefficient (Wildman–Crippen LogP) is 1.50. The first-order valence-corrected chi connectivity index (χ1v) is 23.5. The second kappa shape index (κ2) is 25.0. The highest BCUT2D eigenvalue weighted by Crippen LogP contribution is 2.21. The number of primary amides is 1. The molecule has 7 atom stereocenters. The first-order valence-electron chi connectivity index (χ1n) is 23.5.